The smallest absolute Gasteiger partial charge is 0.326 e. The van der Waals surface area contributed by atoms with Crippen molar-refractivity contribution < 1.29 is 72.9 Å². The number of nitrogens with one attached hydrogen (secondary N) is 7. The highest BCUT2D eigenvalue weighted by molar-refractivity contribution is 5.99. The summed E-state index contributed by atoms with van der Waals surface area (Å²) < 4.78 is 0. The highest BCUT2D eigenvalue weighted by Crippen LogP contribution is 2.22. The third-order valence-electron chi connectivity index (χ3n) is 12.2. The molecule has 20 N–H and O–H groups in total. The molecule has 76 heavy (non-hydrogen) atoms. The summed E-state index contributed by atoms with van der Waals surface area (Å²) in [6.07, 6.45) is -0.201. The molecule has 2 heterocycles. The molecule has 2 aliphatic heterocycles. The third-order valence-corrected chi connectivity index (χ3v) is 12.2. The van der Waals surface area contributed by atoms with Crippen LogP contribution in [-0.2, 0) is 64.0 Å². The van der Waals surface area contributed by atoms with Crippen LogP contribution < -0.4 is 65.9 Å². The summed E-state index contributed by atoms with van der Waals surface area (Å²) in [6, 6.07) is -3.07. The molecule has 30 heteroatoms. The Balaban J connectivity index is 1.71. The van der Waals surface area contributed by atoms with Crippen LogP contribution >= 0.6 is 0 Å². The topological polar surface area (TPSA) is 499 Å². The first-order chi connectivity index (χ1) is 36.1. The van der Waals surface area contributed by atoms with Gasteiger partial charge in [0.25, 0.3) is 0 Å². The van der Waals surface area contributed by atoms with Crippen molar-refractivity contribution in [3.8, 4) is 0 Å². The Morgan fingerprint density at radius 1 is 0.618 bits per heavy atom. The second-order valence-electron chi connectivity index (χ2n) is 18.0. The summed E-state index contributed by atoms with van der Waals surface area (Å²) in [4.78, 5) is 163. The van der Waals surface area contributed by atoms with Crippen molar-refractivity contribution in [1.29, 1.82) is 0 Å². The number of aliphatic hydroxyl groups is 1. The third kappa shape index (κ3) is 20.4. The van der Waals surface area contributed by atoms with Gasteiger partial charge in [-0.1, -0.05) is 30.3 Å². The number of unbranched alkanes of at least 4 members (excludes halogenated alkanes) is 1. The van der Waals surface area contributed by atoms with Gasteiger partial charge in [-0.2, -0.15) is 0 Å². The number of aliphatic imine (C=N–C) groups is 1. The number of benzene rings is 1. The summed E-state index contributed by atoms with van der Waals surface area (Å²) in [5, 5.41) is 46.0. The van der Waals surface area contributed by atoms with Gasteiger partial charge < -0.3 is 91.0 Å². The van der Waals surface area contributed by atoms with E-state index >= 15 is 0 Å². The molecule has 2 fully saturated rings. The fraction of sp³-hybridized carbons (Fsp3) is 0.587. The predicted molar refractivity (Wildman–Crippen MR) is 267 cm³/mol. The molecule has 3 rings (SSSR count). The van der Waals surface area contributed by atoms with E-state index < -0.39 is 152 Å². The summed E-state index contributed by atoms with van der Waals surface area (Å²) in [5.74, 6) is -12.1. The average molecular weight is 1070 g/mol. The standard InChI is InChI=1S/C46H71N15O15/c47-15-5-4-11-26(56-40(70)29(20-34(49)63)58-41(71)32-13-8-18-61(32)44(74)30(21-37(66)67)55-35(64)22-48)43(73)60-17-7-14-33(60)42(72)59-31(24-62)38(68)53-23-36(65)54-28(19-25-9-2-1-3-10-25)39(69)57-27(45(75)76)12-6-16-52-46(50)51/h1-3,9-10,26-33,62H,4-8,11-24,47-48H2,(H2,49,63)(H,53,68)(H,54,65)(H,55,64)(H,56,70)(H,57,69)(H,58,71)(H,59,72)(H,66,67)(H,75,76)(H4,50,51,52)/t26-,27-,28-,29-,30-,31-,32-,33-/m0/s1. The van der Waals surface area contributed by atoms with Crippen molar-refractivity contribution in [3.63, 3.8) is 0 Å². The zero-order chi connectivity index (χ0) is 56.5. The second-order valence-corrected chi connectivity index (χ2v) is 18.0. The van der Waals surface area contributed by atoms with E-state index in [-0.39, 0.29) is 89.9 Å². The van der Waals surface area contributed by atoms with Gasteiger partial charge in [0.05, 0.1) is 32.5 Å². The van der Waals surface area contributed by atoms with Gasteiger partial charge in [0.2, 0.25) is 59.1 Å². The van der Waals surface area contributed by atoms with Crippen molar-refractivity contribution in [2.24, 2.45) is 33.7 Å². The average Bonchev–Trinajstić information content (AvgIpc) is 4.08. The van der Waals surface area contributed by atoms with Crippen molar-refractivity contribution in [3.05, 3.63) is 35.9 Å². The van der Waals surface area contributed by atoms with E-state index in [1.165, 1.54) is 0 Å². The van der Waals surface area contributed by atoms with E-state index in [0.717, 1.165) is 9.80 Å². The SMILES string of the molecule is NCCCC[C@H](NC(=O)[C@H](CC(N)=O)NC(=O)[C@@H]1CCCN1C(=O)[C@H](CC(=O)O)NC(=O)CN)C(=O)N1CCC[C@H]1C(=O)N[C@@H](CO)C(=O)NCC(=O)N[C@@H](Cc1ccccc1)C(=O)N[C@@H](CCCN=C(N)N)C(=O)O. The van der Waals surface area contributed by atoms with Crippen LogP contribution in [0.4, 0.5) is 0 Å². The first kappa shape index (κ1) is 62.3. The van der Waals surface area contributed by atoms with E-state index in [4.69, 9.17) is 28.7 Å². The van der Waals surface area contributed by atoms with Gasteiger partial charge >= 0.3 is 11.9 Å². The number of amides is 10. The molecular formula is C46H71N15O15. The second kappa shape index (κ2) is 31.7. The number of carbonyl (C=O) groups is 12. The molecule has 0 spiro atoms. The fourth-order valence-electron chi connectivity index (χ4n) is 8.43. The van der Waals surface area contributed by atoms with E-state index in [9.17, 15) is 72.9 Å². The fourth-order valence-corrected chi connectivity index (χ4v) is 8.43. The minimum Gasteiger partial charge on any atom is -0.481 e. The Morgan fingerprint density at radius 2 is 1.17 bits per heavy atom. The molecule has 1 aromatic rings. The van der Waals surface area contributed by atoms with Gasteiger partial charge in [-0.15, -0.1) is 0 Å². The minimum atomic E-state index is -1.70. The molecule has 0 unspecified atom stereocenters. The molecule has 30 nitrogen and oxygen atoms in total. The Morgan fingerprint density at radius 3 is 1.71 bits per heavy atom. The molecule has 1 aromatic carbocycles. The summed E-state index contributed by atoms with van der Waals surface area (Å²) in [7, 11) is 0. The van der Waals surface area contributed by atoms with E-state index in [1.807, 2.05) is 0 Å². The highest BCUT2D eigenvalue weighted by atomic mass is 16.4. The zero-order valence-electron chi connectivity index (χ0n) is 41.9. The van der Waals surface area contributed by atoms with Gasteiger partial charge in [-0.25, -0.2) is 4.79 Å². The largest absolute Gasteiger partial charge is 0.481 e. The molecule has 2 saturated heterocycles. The van der Waals surface area contributed by atoms with Crippen molar-refractivity contribution in [2.45, 2.75) is 125 Å². The number of aliphatic hydroxyl groups excluding tert-OH is 1. The zero-order valence-corrected chi connectivity index (χ0v) is 41.9. The Hall–Kier alpha value is -7.99. The van der Waals surface area contributed by atoms with Gasteiger partial charge in [0, 0.05) is 26.1 Å². The lowest BCUT2D eigenvalue weighted by Crippen LogP contribution is -2.60. The molecule has 8 atom stereocenters. The number of likely N-dealkylation sites (tertiary alicyclic amines) is 2. The number of carboxylic acid groups (broad SMARTS) is 2. The van der Waals surface area contributed by atoms with Crippen LogP contribution in [0.25, 0.3) is 0 Å². The number of primary amides is 1. The lowest BCUT2D eigenvalue weighted by molar-refractivity contribution is -0.146. The maximum absolute atomic E-state index is 14.3. The monoisotopic (exact) mass is 1070 g/mol. The summed E-state index contributed by atoms with van der Waals surface area (Å²) in [6.45, 7) is -2.01. The lowest BCUT2D eigenvalue weighted by Gasteiger charge is -2.31. The number of rotatable bonds is 32. The van der Waals surface area contributed by atoms with E-state index in [1.54, 1.807) is 30.3 Å². The Bertz CT molecular complexity index is 2270. The first-order valence-corrected chi connectivity index (χ1v) is 24.6. The van der Waals surface area contributed by atoms with Crippen molar-refractivity contribution >= 4 is 77.0 Å². The van der Waals surface area contributed by atoms with Crippen LogP contribution in [0, 0.1) is 0 Å². The Kier molecular flexibility index (Phi) is 26.0. The normalized spacial score (nSPS) is 17.2. The summed E-state index contributed by atoms with van der Waals surface area (Å²) >= 11 is 0. The predicted octanol–water partition coefficient (Wildman–Crippen LogP) is -7.20. The maximum Gasteiger partial charge on any atom is 0.326 e. The summed E-state index contributed by atoms with van der Waals surface area (Å²) in [5.41, 5.74) is 27.7. The molecule has 2 aliphatic rings. The molecule has 0 aromatic heterocycles. The molecule has 0 radical (unpaired) electrons. The number of carboxylic acids is 2. The molecule has 0 saturated carbocycles. The lowest BCUT2D eigenvalue weighted by atomic mass is 10.0. The number of guanidine groups is 1. The van der Waals surface area contributed by atoms with Crippen molar-refractivity contribution in [2.75, 3.05) is 45.9 Å². The molecular weight excluding hydrogens is 1000 g/mol. The number of hydrogen-bond donors (Lipinski definition) is 15. The molecule has 0 bridgehead atoms. The van der Waals surface area contributed by atoms with Crippen LogP contribution in [-0.4, -0.2) is 196 Å². The van der Waals surface area contributed by atoms with Crippen LogP contribution in [0.2, 0.25) is 0 Å². The maximum atomic E-state index is 14.3. The first-order valence-electron chi connectivity index (χ1n) is 24.6. The minimum absolute atomic E-state index is 0.000833. The van der Waals surface area contributed by atoms with Crippen LogP contribution in [0.1, 0.15) is 76.2 Å². The molecule has 420 valence electrons. The number of nitrogens with two attached hydrogens (primary N) is 5. The van der Waals surface area contributed by atoms with Gasteiger partial charge in [0.15, 0.2) is 5.96 Å². The van der Waals surface area contributed by atoms with Crippen LogP contribution in [0.15, 0.2) is 35.3 Å². The van der Waals surface area contributed by atoms with Crippen molar-refractivity contribution in [1.82, 2.24) is 47.0 Å². The quantitative estimate of drug-likeness (QED) is 0.0181. The number of aliphatic carboxylic acids is 2. The van der Waals surface area contributed by atoms with Gasteiger partial charge in [0.1, 0.15) is 48.3 Å². The highest BCUT2D eigenvalue weighted by Gasteiger charge is 2.42. The van der Waals surface area contributed by atoms with E-state index in [2.05, 4.69) is 42.2 Å². The number of nitrogens with zero attached hydrogens (tertiary/aromatic N) is 3. The Labute approximate surface area is 436 Å². The number of hydrogen-bond acceptors (Lipinski definition) is 16. The van der Waals surface area contributed by atoms with E-state index in [0.29, 0.717) is 12.0 Å². The van der Waals surface area contributed by atoms with Crippen LogP contribution in [0.5, 0.6) is 0 Å². The molecule has 0 aliphatic carbocycles. The van der Waals surface area contributed by atoms with Gasteiger partial charge in [-0.3, -0.25) is 57.7 Å². The molecule has 10 amide bonds. The van der Waals surface area contributed by atoms with Gasteiger partial charge in [-0.05, 0) is 69.9 Å². The van der Waals surface area contributed by atoms with Crippen LogP contribution in [0.3, 0.4) is 0 Å². The number of carbonyl (C=O) groups excluding carboxylic acids is 10.